The first kappa shape index (κ1) is 81.4. The maximum atomic E-state index is 14.3. The Labute approximate surface area is 555 Å². The van der Waals surface area contributed by atoms with Crippen LogP contribution in [0.15, 0.2) is 91.0 Å². The number of carbonyl (C=O) groups is 4. The molecule has 17 heteroatoms. The number of unbranched alkanes of at least 4 members (excludes halogenated alkanes) is 26. The number of aliphatic hydroxyl groups is 2. The maximum absolute atomic E-state index is 14.3. The highest BCUT2D eigenvalue weighted by atomic mass is 31.2. The van der Waals surface area contributed by atoms with E-state index in [1.807, 2.05) is 30.3 Å². The molecule has 3 aromatic carbocycles. The lowest BCUT2D eigenvalue weighted by Gasteiger charge is -2.23. The fourth-order valence-electron chi connectivity index (χ4n) is 11.2. The second-order valence-electron chi connectivity index (χ2n) is 25.2. The number of ether oxygens (including phenoxy) is 3. The van der Waals surface area contributed by atoms with Gasteiger partial charge in [-0.1, -0.05) is 248 Å². The van der Waals surface area contributed by atoms with E-state index >= 15 is 0 Å². The molecule has 92 heavy (non-hydrogen) atoms. The van der Waals surface area contributed by atoms with Gasteiger partial charge in [-0.15, -0.1) is 0 Å². The van der Waals surface area contributed by atoms with Crippen molar-refractivity contribution in [2.45, 2.75) is 308 Å². The Morgan fingerprint density at radius 3 is 1.49 bits per heavy atom. The number of phosphoric ester groups is 1. The third kappa shape index (κ3) is 44.0. The van der Waals surface area contributed by atoms with Crippen molar-refractivity contribution in [3.05, 3.63) is 96.6 Å². The Kier molecular flexibility index (Phi) is 49.1. The van der Waals surface area contributed by atoms with E-state index in [2.05, 4.69) is 36.7 Å². The Morgan fingerprint density at radius 2 is 0.957 bits per heavy atom. The van der Waals surface area contributed by atoms with Crippen LogP contribution in [-0.4, -0.2) is 97.3 Å². The molecule has 522 valence electrons. The summed E-state index contributed by atoms with van der Waals surface area (Å²) in [5.74, 6) is -1.07. The van der Waals surface area contributed by atoms with Crippen LogP contribution >= 0.6 is 7.82 Å². The summed E-state index contributed by atoms with van der Waals surface area (Å²) in [5.41, 5.74) is 1.07. The Morgan fingerprint density at radius 1 is 0.489 bits per heavy atom. The number of phosphoric acid groups is 1. The van der Waals surface area contributed by atoms with E-state index < -0.39 is 37.9 Å². The minimum Gasteiger partial charge on any atom is -0.464 e. The van der Waals surface area contributed by atoms with Crippen molar-refractivity contribution in [2.75, 3.05) is 32.9 Å². The summed E-state index contributed by atoms with van der Waals surface area (Å²) < 4.78 is 50.1. The lowest BCUT2D eigenvalue weighted by Crippen LogP contribution is -2.44. The molecule has 0 bridgehead atoms. The number of nitrogens with one attached hydrogen (secondary N) is 3. The van der Waals surface area contributed by atoms with Crippen LogP contribution in [0.25, 0.3) is 0 Å². The molecule has 0 aliphatic rings. The summed E-state index contributed by atoms with van der Waals surface area (Å²) >= 11 is 0. The van der Waals surface area contributed by atoms with Gasteiger partial charge in [0, 0.05) is 25.4 Å². The molecular formula is C75H124N3O13P. The van der Waals surface area contributed by atoms with Crippen LogP contribution in [0.3, 0.4) is 0 Å². The summed E-state index contributed by atoms with van der Waals surface area (Å²) in [6.07, 6.45) is 34.7. The standard InChI is InChI=1S/C75H124N3O13P/c1-4-7-10-13-16-19-22-25-34-52-69(87-63-64-44-32-28-33-45-64)59-72(81)77-65(46-43-47-66(80)62-79)61-76-56-41-31-42-57-86-75(84)71(55-58-88-92(85,90-67-48-36-29-37-49-67)91-68-50-38-30-39-51-68)78-73(82)60-70(53-35-26-23-20-17-14-11-8-5-2)89-74(83)54-40-27-24-21-18-15-12-9-6-3/h28-30,32-33,36-39,44-45,48-51,65-66,69-71,76,79-80H,4-27,31,34-35,40-43,46-47,52-63H2,1-3H3,(H,77,81)(H,78,82)/t65?,66?,69-,70-,71?/m1/s1. The molecule has 0 saturated carbocycles. The number of rotatable bonds is 62. The normalized spacial score (nSPS) is 13.2. The first-order chi connectivity index (χ1) is 44.9. The molecule has 16 nitrogen and oxygen atoms in total. The third-order valence-electron chi connectivity index (χ3n) is 16.7. The lowest BCUT2D eigenvalue weighted by molar-refractivity contribution is -0.153. The van der Waals surface area contributed by atoms with Crippen LogP contribution < -0.4 is 25.0 Å². The van der Waals surface area contributed by atoms with Gasteiger partial charge in [0.15, 0.2) is 0 Å². The van der Waals surface area contributed by atoms with Crippen LogP contribution in [0.4, 0.5) is 0 Å². The van der Waals surface area contributed by atoms with Gasteiger partial charge in [-0.2, -0.15) is 0 Å². The average Bonchev–Trinajstić information content (AvgIpc) is 1.58. The van der Waals surface area contributed by atoms with Gasteiger partial charge < -0.3 is 49.4 Å². The molecule has 0 heterocycles. The van der Waals surface area contributed by atoms with E-state index in [1.54, 1.807) is 60.7 Å². The van der Waals surface area contributed by atoms with Crippen molar-refractivity contribution in [2.24, 2.45) is 0 Å². The van der Waals surface area contributed by atoms with Crippen molar-refractivity contribution >= 4 is 31.6 Å². The molecule has 0 spiro atoms. The van der Waals surface area contributed by atoms with Gasteiger partial charge in [-0.3, -0.25) is 18.9 Å². The SMILES string of the molecule is CCCCCCCCCCCC(=O)O[C@H](CCCCCCCCCCC)CC(=O)NC(CCOP(=O)(Oc1ccccc1)Oc1ccccc1)C(=O)OCCCCCNCC(CCCC(O)CO)NC(=O)C[C@@H](CCCCCCCCCCC)OCc1ccccc1. The van der Waals surface area contributed by atoms with Crippen LogP contribution in [0, 0.1) is 0 Å². The number of esters is 2. The second kappa shape index (κ2) is 55.5. The molecule has 2 amide bonds. The van der Waals surface area contributed by atoms with Crippen molar-refractivity contribution < 1.29 is 61.7 Å². The van der Waals surface area contributed by atoms with Crippen molar-refractivity contribution in [1.29, 1.82) is 0 Å². The van der Waals surface area contributed by atoms with Crippen LogP contribution in [0.1, 0.15) is 277 Å². The van der Waals surface area contributed by atoms with Gasteiger partial charge >= 0.3 is 19.8 Å². The van der Waals surface area contributed by atoms with Crippen LogP contribution in [0.5, 0.6) is 11.5 Å². The number of benzene rings is 3. The number of hydrogen-bond acceptors (Lipinski definition) is 14. The first-order valence-corrected chi connectivity index (χ1v) is 37.8. The molecule has 0 aliphatic carbocycles. The van der Waals surface area contributed by atoms with E-state index in [4.69, 9.17) is 27.8 Å². The van der Waals surface area contributed by atoms with E-state index in [-0.39, 0.29) is 81.0 Å². The quantitative estimate of drug-likeness (QED) is 0.0202. The highest BCUT2D eigenvalue weighted by Crippen LogP contribution is 2.49. The molecule has 3 unspecified atom stereocenters. The number of para-hydroxylation sites is 2. The summed E-state index contributed by atoms with van der Waals surface area (Å²) in [4.78, 5) is 55.2. The zero-order valence-electron chi connectivity index (χ0n) is 57.2. The van der Waals surface area contributed by atoms with Gasteiger partial charge in [-0.05, 0) is 101 Å². The summed E-state index contributed by atoms with van der Waals surface area (Å²) in [5, 5.41) is 29.2. The zero-order chi connectivity index (χ0) is 66.2. The van der Waals surface area contributed by atoms with Gasteiger partial charge in [-0.25, -0.2) is 9.36 Å². The molecule has 5 atom stereocenters. The largest absolute Gasteiger partial charge is 0.587 e. The second-order valence-corrected chi connectivity index (χ2v) is 26.7. The first-order valence-electron chi connectivity index (χ1n) is 36.3. The topological polar surface area (TPSA) is 217 Å². The van der Waals surface area contributed by atoms with Gasteiger partial charge in [0.1, 0.15) is 23.6 Å². The van der Waals surface area contributed by atoms with Crippen molar-refractivity contribution in [1.82, 2.24) is 16.0 Å². The highest BCUT2D eigenvalue weighted by molar-refractivity contribution is 7.49. The van der Waals surface area contributed by atoms with E-state index in [1.165, 1.54) is 109 Å². The number of amides is 2. The Bertz CT molecular complexity index is 2260. The lowest BCUT2D eigenvalue weighted by atomic mass is 10.0. The number of hydrogen-bond donors (Lipinski definition) is 5. The Hall–Kier alpha value is -4.83. The predicted octanol–water partition coefficient (Wildman–Crippen LogP) is 17.5. The fourth-order valence-corrected chi connectivity index (χ4v) is 12.4. The third-order valence-corrected chi connectivity index (χ3v) is 18.1. The molecule has 0 fully saturated rings. The molecule has 0 aromatic heterocycles. The monoisotopic (exact) mass is 1310 g/mol. The van der Waals surface area contributed by atoms with E-state index in [0.29, 0.717) is 58.2 Å². The molecule has 3 rings (SSSR count). The number of aliphatic hydroxyl groups excluding tert-OH is 2. The summed E-state index contributed by atoms with van der Waals surface area (Å²) in [6, 6.07) is 25.6. The zero-order valence-corrected chi connectivity index (χ0v) is 58.1. The van der Waals surface area contributed by atoms with Gasteiger partial charge in [0.25, 0.3) is 0 Å². The molecule has 0 saturated heterocycles. The average molecular weight is 1310 g/mol. The number of carbonyl (C=O) groups excluding carboxylic acids is 4. The molecule has 5 N–H and O–H groups in total. The summed E-state index contributed by atoms with van der Waals surface area (Å²) in [7, 11) is -4.34. The highest BCUT2D eigenvalue weighted by Gasteiger charge is 2.33. The maximum Gasteiger partial charge on any atom is 0.587 e. The minimum absolute atomic E-state index is 0.0783. The molecule has 3 aromatic rings. The van der Waals surface area contributed by atoms with Crippen molar-refractivity contribution in [3.63, 3.8) is 0 Å². The molecule has 0 radical (unpaired) electrons. The van der Waals surface area contributed by atoms with E-state index in [0.717, 1.165) is 82.6 Å². The van der Waals surface area contributed by atoms with Crippen LogP contribution in [-0.2, 0) is 49.1 Å². The van der Waals surface area contributed by atoms with Gasteiger partial charge in [0.2, 0.25) is 11.8 Å². The minimum atomic E-state index is -4.34. The van der Waals surface area contributed by atoms with E-state index in [9.17, 15) is 34.0 Å². The fraction of sp³-hybridized carbons (Fsp3) is 0.707. The predicted molar refractivity (Wildman–Crippen MR) is 370 cm³/mol. The van der Waals surface area contributed by atoms with Crippen molar-refractivity contribution in [3.8, 4) is 11.5 Å². The molecule has 0 aliphatic heterocycles. The molecular weight excluding hydrogens is 1180 g/mol. The Balaban J connectivity index is 1.64. The van der Waals surface area contributed by atoms with Crippen LogP contribution in [0.2, 0.25) is 0 Å². The smallest absolute Gasteiger partial charge is 0.464 e. The van der Waals surface area contributed by atoms with Gasteiger partial charge in [0.05, 0.1) is 51.5 Å². The summed E-state index contributed by atoms with van der Waals surface area (Å²) in [6.45, 7) is 7.70.